The molecule has 2 amide bonds. The van der Waals surface area contributed by atoms with Gasteiger partial charge < -0.3 is 19.7 Å². The van der Waals surface area contributed by atoms with Gasteiger partial charge in [0.15, 0.2) is 0 Å². The molecule has 1 unspecified atom stereocenters. The molecule has 0 bridgehead atoms. The highest BCUT2D eigenvalue weighted by atomic mass is 16.5. The highest BCUT2D eigenvalue weighted by Crippen LogP contribution is 2.33. The number of nitrogens with one attached hydrogen (secondary N) is 1. The zero-order chi connectivity index (χ0) is 16.2. The first-order chi connectivity index (χ1) is 11.2. The molecule has 1 aliphatic carbocycles. The molecule has 1 N–H and O–H groups in total. The second kappa shape index (κ2) is 7.21. The third-order valence-corrected chi connectivity index (χ3v) is 4.87. The topological polar surface area (TPSA) is 50.8 Å². The monoisotopic (exact) mass is 318 g/mol. The Kier molecular flexibility index (Phi) is 5.06. The van der Waals surface area contributed by atoms with Crippen LogP contribution in [0.3, 0.4) is 0 Å². The van der Waals surface area contributed by atoms with E-state index in [2.05, 4.69) is 11.4 Å². The van der Waals surface area contributed by atoms with Gasteiger partial charge in [-0.2, -0.15) is 0 Å². The minimum absolute atomic E-state index is 0.0331. The van der Waals surface area contributed by atoms with Crippen LogP contribution in [0.25, 0.3) is 0 Å². The molecule has 0 radical (unpaired) electrons. The third kappa shape index (κ3) is 3.78. The van der Waals surface area contributed by atoms with Gasteiger partial charge in [-0.05, 0) is 48.8 Å². The smallest absolute Gasteiger partial charge is 0.317 e. The lowest BCUT2D eigenvalue weighted by Gasteiger charge is -2.25. The molecule has 1 aromatic carbocycles. The first-order valence-corrected chi connectivity index (χ1v) is 8.42. The Labute approximate surface area is 137 Å². The Hall–Kier alpha value is -1.75. The van der Waals surface area contributed by atoms with Crippen molar-refractivity contribution in [2.24, 2.45) is 5.92 Å². The van der Waals surface area contributed by atoms with Gasteiger partial charge in [0.05, 0.1) is 19.8 Å². The number of carbonyl (C=O) groups is 1. The molecule has 1 aromatic rings. The van der Waals surface area contributed by atoms with Crippen molar-refractivity contribution in [2.75, 3.05) is 33.9 Å². The number of benzene rings is 1. The third-order valence-electron chi connectivity index (χ3n) is 4.87. The van der Waals surface area contributed by atoms with Gasteiger partial charge in [-0.25, -0.2) is 4.79 Å². The average Bonchev–Trinajstić information content (AvgIpc) is 3.40. The van der Waals surface area contributed by atoms with Crippen molar-refractivity contribution < 1.29 is 14.3 Å². The Balaban J connectivity index is 1.63. The van der Waals surface area contributed by atoms with E-state index in [1.807, 2.05) is 17.0 Å². The number of rotatable bonds is 5. The number of hydrogen-bond donors (Lipinski definition) is 1. The maximum atomic E-state index is 12.6. The van der Waals surface area contributed by atoms with Crippen LogP contribution < -0.4 is 10.1 Å². The van der Waals surface area contributed by atoms with E-state index in [1.165, 1.54) is 24.0 Å². The molecule has 5 nitrogen and oxygen atoms in total. The predicted octanol–water partition coefficient (Wildman–Crippen LogP) is 2.23. The molecule has 5 heteroatoms. The summed E-state index contributed by atoms with van der Waals surface area (Å²) in [6, 6.07) is 6.33. The average molecular weight is 318 g/mol. The Morgan fingerprint density at radius 2 is 2.09 bits per heavy atom. The fraction of sp³-hybridized carbons (Fsp3) is 0.611. The van der Waals surface area contributed by atoms with Gasteiger partial charge in [-0.15, -0.1) is 0 Å². The van der Waals surface area contributed by atoms with Crippen molar-refractivity contribution in [3.05, 3.63) is 29.3 Å². The van der Waals surface area contributed by atoms with Gasteiger partial charge in [0, 0.05) is 20.2 Å². The first-order valence-electron chi connectivity index (χ1n) is 8.42. The van der Waals surface area contributed by atoms with E-state index in [-0.39, 0.29) is 12.1 Å². The summed E-state index contributed by atoms with van der Waals surface area (Å²) < 4.78 is 10.7. The molecule has 0 aromatic heterocycles. The Morgan fingerprint density at radius 1 is 1.30 bits per heavy atom. The van der Waals surface area contributed by atoms with Gasteiger partial charge in [-0.3, -0.25) is 0 Å². The fourth-order valence-corrected chi connectivity index (χ4v) is 3.36. The van der Waals surface area contributed by atoms with Crippen LogP contribution in [0.15, 0.2) is 18.2 Å². The van der Waals surface area contributed by atoms with Crippen molar-refractivity contribution >= 4 is 6.03 Å². The second-order valence-corrected chi connectivity index (χ2v) is 6.43. The number of carbonyl (C=O) groups excluding carboxylic acids is 1. The van der Waals surface area contributed by atoms with Gasteiger partial charge in [0.1, 0.15) is 5.75 Å². The number of fused-ring (bicyclic) bond motifs is 1. The molecular formula is C18H26N2O3. The van der Waals surface area contributed by atoms with E-state index in [4.69, 9.17) is 9.47 Å². The van der Waals surface area contributed by atoms with Crippen LogP contribution >= 0.6 is 0 Å². The van der Waals surface area contributed by atoms with Crippen LogP contribution in [0.1, 0.15) is 24.0 Å². The van der Waals surface area contributed by atoms with Crippen LogP contribution in [0.4, 0.5) is 4.79 Å². The predicted molar refractivity (Wildman–Crippen MR) is 88.9 cm³/mol. The van der Waals surface area contributed by atoms with E-state index in [0.29, 0.717) is 12.5 Å². The zero-order valence-corrected chi connectivity index (χ0v) is 14.0. The molecule has 1 heterocycles. The summed E-state index contributed by atoms with van der Waals surface area (Å²) in [5, 5.41) is 3.16. The van der Waals surface area contributed by atoms with Crippen LogP contribution in [0.5, 0.6) is 5.75 Å². The van der Waals surface area contributed by atoms with E-state index in [1.54, 1.807) is 14.2 Å². The lowest BCUT2D eigenvalue weighted by atomic mass is 10.0. The molecule has 23 heavy (non-hydrogen) atoms. The van der Waals surface area contributed by atoms with Crippen molar-refractivity contribution in [3.8, 4) is 5.75 Å². The number of amides is 2. The lowest BCUT2D eigenvalue weighted by Crippen LogP contribution is -2.48. The molecule has 1 fully saturated rings. The van der Waals surface area contributed by atoms with Gasteiger partial charge in [-0.1, -0.05) is 12.1 Å². The van der Waals surface area contributed by atoms with Crippen LogP contribution in [0.2, 0.25) is 0 Å². The molecule has 1 aliphatic heterocycles. The largest absolute Gasteiger partial charge is 0.496 e. The number of methoxy groups -OCH3 is 2. The van der Waals surface area contributed by atoms with E-state index in [0.717, 1.165) is 31.7 Å². The highest BCUT2D eigenvalue weighted by Gasteiger charge is 2.33. The van der Waals surface area contributed by atoms with Crippen molar-refractivity contribution in [2.45, 2.75) is 31.7 Å². The second-order valence-electron chi connectivity index (χ2n) is 6.43. The fourth-order valence-electron chi connectivity index (χ4n) is 3.36. The summed E-state index contributed by atoms with van der Waals surface area (Å²) in [4.78, 5) is 14.5. The summed E-state index contributed by atoms with van der Waals surface area (Å²) in [6.45, 7) is 2.07. The van der Waals surface area contributed by atoms with Crippen LogP contribution in [0, 0.1) is 5.92 Å². The number of ether oxygens (including phenoxy) is 2. The van der Waals surface area contributed by atoms with Crippen LogP contribution in [-0.4, -0.2) is 50.9 Å². The summed E-state index contributed by atoms with van der Waals surface area (Å²) >= 11 is 0. The van der Waals surface area contributed by atoms with Gasteiger partial charge in [0.2, 0.25) is 0 Å². The molecular weight excluding hydrogens is 292 g/mol. The number of hydrogen-bond acceptors (Lipinski definition) is 3. The summed E-state index contributed by atoms with van der Waals surface area (Å²) in [7, 11) is 3.40. The molecule has 0 spiro atoms. The minimum Gasteiger partial charge on any atom is -0.496 e. The molecule has 1 saturated carbocycles. The highest BCUT2D eigenvalue weighted by molar-refractivity contribution is 5.75. The maximum Gasteiger partial charge on any atom is 0.317 e. The SMILES string of the molecule is COCC(NC(=O)N1CCc2cccc(OC)c2CC1)C1CC1. The molecule has 3 rings (SSSR count). The minimum atomic E-state index is 0.0331. The summed E-state index contributed by atoms with van der Waals surface area (Å²) in [5.74, 6) is 1.52. The molecule has 0 saturated heterocycles. The van der Waals surface area contributed by atoms with Crippen molar-refractivity contribution in [1.29, 1.82) is 0 Å². The normalized spacial score (nSPS) is 18.8. The molecule has 1 atom stereocenters. The van der Waals surface area contributed by atoms with Gasteiger partial charge >= 0.3 is 6.03 Å². The standard InChI is InChI=1S/C18H26N2O3/c1-22-12-16(14-6-7-14)19-18(21)20-10-8-13-4-3-5-17(23-2)15(13)9-11-20/h3-5,14,16H,6-12H2,1-2H3,(H,19,21). The molecule has 126 valence electrons. The van der Waals surface area contributed by atoms with Crippen LogP contribution in [-0.2, 0) is 17.6 Å². The van der Waals surface area contributed by atoms with Crippen molar-refractivity contribution in [3.63, 3.8) is 0 Å². The quantitative estimate of drug-likeness (QED) is 0.906. The first kappa shape index (κ1) is 16.1. The summed E-state index contributed by atoms with van der Waals surface area (Å²) in [6.07, 6.45) is 4.09. The Bertz CT molecular complexity index is 557. The molecule has 2 aliphatic rings. The summed E-state index contributed by atoms with van der Waals surface area (Å²) in [5.41, 5.74) is 2.52. The number of urea groups is 1. The van der Waals surface area contributed by atoms with E-state index < -0.39 is 0 Å². The zero-order valence-electron chi connectivity index (χ0n) is 14.0. The van der Waals surface area contributed by atoms with E-state index >= 15 is 0 Å². The van der Waals surface area contributed by atoms with Crippen molar-refractivity contribution in [1.82, 2.24) is 10.2 Å². The number of nitrogens with zero attached hydrogens (tertiary/aromatic N) is 1. The van der Waals surface area contributed by atoms with E-state index in [9.17, 15) is 4.79 Å². The lowest BCUT2D eigenvalue weighted by molar-refractivity contribution is 0.148. The van der Waals surface area contributed by atoms with Gasteiger partial charge in [0.25, 0.3) is 0 Å². The Morgan fingerprint density at radius 3 is 2.78 bits per heavy atom. The maximum absolute atomic E-state index is 12.6.